The van der Waals surface area contributed by atoms with Crippen molar-refractivity contribution < 1.29 is 4.79 Å². The SMILES string of the molecule is CCCC(=O)Nc1cccc(-c2ccn3ncc(C#N)c3n2)c1. The summed E-state index contributed by atoms with van der Waals surface area (Å²) in [4.78, 5) is 16.2. The lowest BCUT2D eigenvalue weighted by molar-refractivity contribution is -0.116. The molecule has 3 aromatic rings. The van der Waals surface area contributed by atoms with Crippen LogP contribution < -0.4 is 5.32 Å². The van der Waals surface area contributed by atoms with E-state index in [-0.39, 0.29) is 5.91 Å². The number of rotatable bonds is 4. The van der Waals surface area contributed by atoms with Gasteiger partial charge in [0.15, 0.2) is 5.65 Å². The summed E-state index contributed by atoms with van der Waals surface area (Å²) in [6, 6.07) is 11.4. The summed E-state index contributed by atoms with van der Waals surface area (Å²) in [6.07, 6.45) is 4.56. The number of nitriles is 1. The fraction of sp³-hybridized carbons (Fsp3) is 0.176. The molecule has 3 rings (SSSR count). The van der Waals surface area contributed by atoms with E-state index in [9.17, 15) is 4.79 Å². The number of hydrogen-bond donors (Lipinski definition) is 1. The first-order valence-electron chi connectivity index (χ1n) is 7.36. The number of aromatic nitrogens is 3. The van der Waals surface area contributed by atoms with Crippen LogP contribution in [0.5, 0.6) is 0 Å². The molecule has 0 aliphatic rings. The number of amides is 1. The zero-order valence-electron chi connectivity index (χ0n) is 12.7. The minimum Gasteiger partial charge on any atom is -0.326 e. The second-order valence-corrected chi connectivity index (χ2v) is 5.13. The standard InChI is InChI=1S/C17H15N5O/c1-2-4-16(23)20-14-6-3-5-12(9-14)15-7-8-22-17(21-15)13(10-18)11-19-22/h3,5-9,11H,2,4H2,1H3,(H,20,23). The quantitative estimate of drug-likeness (QED) is 0.803. The van der Waals surface area contributed by atoms with E-state index in [2.05, 4.69) is 21.5 Å². The zero-order chi connectivity index (χ0) is 16.2. The lowest BCUT2D eigenvalue weighted by atomic mass is 10.1. The highest BCUT2D eigenvalue weighted by atomic mass is 16.1. The van der Waals surface area contributed by atoms with Gasteiger partial charge < -0.3 is 5.32 Å². The van der Waals surface area contributed by atoms with Gasteiger partial charge in [0, 0.05) is 23.9 Å². The monoisotopic (exact) mass is 305 g/mol. The van der Waals surface area contributed by atoms with E-state index in [1.165, 1.54) is 6.20 Å². The van der Waals surface area contributed by atoms with Crippen molar-refractivity contribution in [2.75, 3.05) is 5.32 Å². The molecule has 1 aromatic carbocycles. The smallest absolute Gasteiger partial charge is 0.224 e. The second-order valence-electron chi connectivity index (χ2n) is 5.13. The molecular formula is C17H15N5O. The number of carbonyl (C=O) groups is 1. The molecule has 6 heteroatoms. The molecule has 0 fully saturated rings. The van der Waals surface area contributed by atoms with E-state index in [1.807, 2.05) is 37.3 Å². The number of benzene rings is 1. The maximum atomic E-state index is 11.7. The first-order chi connectivity index (χ1) is 11.2. The van der Waals surface area contributed by atoms with Gasteiger partial charge in [-0.05, 0) is 24.6 Å². The Hall–Kier alpha value is -3.20. The van der Waals surface area contributed by atoms with Crippen molar-refractivity contribution >= 4 is 17.2 Å². The summed E-state index contributed by atoms with van der Waals surface area (Å²) in [6.45, 7) is 1.97. The van der Waals surface area contributed by atoms with Gasteiger partial charge in [-0.15, -0.1) is 0 Å². The van der Waals surface area contributed by atoms with Crippen molar-refractivity contribution in [1.29, 1.82) is 5.26 Å². The fourth-order valence-electron chi connectivity index (χ4n) is 2.32. The molecule has 0 saturated heterocycles. The molecule has 0 spiro atoms. The number of anilines is 1. The molecule has 0 bridgehead atoms. The van der Waals surface area contributed by atoms with Crippen LogP contribution in [-0.4, -0.2) is 20.5 Å². The minimum absolute atomic E-state index is 0.00406. The number of nitrogens with zero attached hydrogens (tertiary/aromatic N) is 4. The predicted octanol–water partition coefficient (Wildman–Crippen LogP) is 3.01. The second kappa shape index (κ2) is 6.28. The van der Waals surface area contributed by atoms with Crippen LogP contribution in [0.15, 0.2) is 42.7 Å². The van der Waals surface area contributed by atoms with E-state index < -0.39 is 0 Å². The van der Waals surface area contributed by atoms with Gasteiger partial charge in [0.1, 0.15) is 11.6 Å². The van der Waals surface area contributed by atoms with E-state index >= 15 is 0 Å². The first-order valence-corrected chi connectivity index (χ1v) is 7.36. The highest BCUT2D eigenvalue weighted by Gasteiger charge is 2.08. The van der Waals surface area contributed by atoms with Gasteiger partial charge in [0.25, 0.3) is 0 Å². The third kappa shape index (κ3) is 3.04. The average molecular weight is 305 g/mol. The molecule has 23 heavy (non-hydrogen) atoms. The van der Waals surface area contributed by atoms with Gasteiger partial charge in [-0.2, -0.15) is 10.4 Å². The maximum Gasteiger partial charge on any atom is 0.224 e. The Morgan fingerprint density at radius 3 is 3.04 bits per heavy atom. The summed E-state index contributed by atoms with van der Waals surface area (Å²) in [7, 11) is 0. The predicted molar refractivity (Wildman–Crippen MR) is 86.7 cm³/mol. The average Bonchev–Trinajstić information content (AvgIpc) is 2.97. The molecule has 0 aliphatic heterocycles. The van der Waals surface area contributed by atoms with E-state index in [1.54, 1.807) is 10.7 Å². The number of nitrogens with one attached hydrogen (secondary N) is 1. The van der Waals surface area contributed by atoms with E-state index in [0.717, 1.165) is 23.4 Å². The Balaban J connectivity index is 1.95. The van der Waals surface area contributed by atoms with Crippen molar-refractivity contribution in [2.24, 2.45) is 0 Å². The lowest BCUT2D eigenvalue weighted by Gasteiger charge is -2.07. The van der Waals surface area contributed by atoms with Crippen LogP contribution in [0.4, 0.5) is 5.69 Å². The summed E-state index contributed by atoms with van der Waals surface area (Å²) in [5.74, 6) is -0.00406. The van der Waals surface area contributed by atoms with Crippen LogP contribution in [0.1, 0.15) is 25.3 Å². The van der Waals surface area contributed by atoms with Gasteiger partial charge in [-0.25, -0.2) is 9.50 Å². The maximum absolute atomic E-state index is 11.7. The summed E-state index contributed by atoms with van der Waals surface area (Å²) < 4.78 is 1.56. The molecule has 0 saturated carbocycles. The van der Waals surface area contributed by atoms with Crippen LogP contribution in [0.3, 0.4) is 0 Å². The van der Waals surface area contributed by atoms with E-state index in [0.29, 0.717) is 17.6 Å². The van der Waals surface area contributed by atoms with Crippen LogP contribution in [0.25, 0.3) is 16.9 Å². The van der Waals surface area contributed by atoms with Crippen LogP contribution in [0, 0.1) is 11.3 Å². The summed E-state index contributed by atoms with van der Waals surface area (Å²) in [5.41, 5.74) is 3.27. The molecular weight excluding hydrogens is 290 g/mol. The van der Waals surface area contributed by atoms with Crippen LogP contribution >= 0.6 is 0 Å². The molecule has 2 aromatic heterocycles. The highest BCUT2D eigenvalue weighted by Crippen LogP contribution is 2.22. The minimum atomic E-state index is -0.00406. The molecule has 0 radical (unpaired) electrons. The van der Waals surface area contributed by atoms with Crippen molar-refractivity contribution in [3.63, 3.8) is 0 Å². The largest absolute Gasteiger partial charge is 0.326 e. The van der Waals surface area contributed by atoms with Gasteiger partial charge in [0.2, 0.25) is 5.91 Å². The molecule has 1 amide bonds. The Morgan fingerprint density at radius 1 is 1.39 bits per heavy atom. The number of carbonyl (C=O) groups excluding carboxylic acids is 1. The Morgan fingerprint density at radius 2 is 2.26 bits per heavy atom. The third-order valence-corrected chi connectivity index (χ3v) is 3.41. The molecule has 2 heterocycles. The molecule has 0 atom stereocenters. The molecule has 6 nitrogen and oxygen atoms in total. The van der Waals surface area contributed by atoms with E-state index in [4.69, 9.17) is 5.26 Å². The van der Waals surface area contributed by atoms with Crippen molar-refractivity contribution in [1.82, 2.24) is 14.6 Å². The lowest BCUT2D eigenvalue weighted by Crippen LogP contribution is -2.10. The van der Waals surface area contributed by atoms with Gasteiger partial charge in [-0.3, -0.25) is 4.79 Å². The highest BCUT2D eigenvalue weighted by molar-refractivity contribution is 5.91. The molecule has 1 N–H and O–H groups in total. The molecule has 0 aliphatic carbocycles. The van der Waals surface area contributed by atoms with Crippen molar-refractivity contribution in [2.45, 2.75) is 19.8 Å². The normalized spacial score (nSPS) is 10.4. The first kappa shape index (κ1) is 14.7. The van der Waals surface area contributed by atoms with Crippen LogP contribution in [0.2, 0.25) is 0 Å². The summed E-state index contributed by atoms with van der Waals surface area (Å²) >= 11 is 0. The third-order valence-electron chi connectivity index (χ3n) is 3.41. The number of hydrogen-bond acceptors (Lipinski definition) is 4. The van der Waals surface area contributed by atoms with Gasteiger partial charge in [0.05, 0.1) is 11.9 Å². The van der Waals surface area contributed by atoms with Crippen molar-refractivity contribution in [3.05, 3.63) is 48.3 Å². The van der Waals surface area contributed by atoms with Crippen LogP contribution in [-0.2, 0) is 4.79 Å². The number of fused-ring (bicyclic) bond motifs is 1. The van der Waals surface area contributed by atoms with Gasteiger partial charge in [-0.1, -0.05) is 19.1 Å². The molecule has 0 unspecified atom stereocenters. The van der Waals surface area contributed by atoms with Crippen molar-refractivity contribution in [3.8, 4) is 17.3 Å². The Kier molecular flexibility index (Phi) is 4.02. The summed E-state index contributed by atoms with van der Waals surface area (Å²) in [5, 5.41) is 16.0. The molecule has 114 valence electrons. The fourth-order valence-corrected chi connectivity index (χ4v) is 2.32. The topological polar surface area (TPSA) is 83.1 Å². The van der Waals surface area contributed by atoms with Gasteiger partial charge >= 0.3 is 0 Å². The Labute approximate surface area is 133 Å². The zero-order valence-corrected chi connectivity index (χ0v) is 12.7. The Bertz CT molecular complexity index is 907.